The first-order valence-electron chi connectivity index (χ1n) is 9.28. The summed E-state index contributed by atoms with van der Waals surface area (Å²) in [5.41, 5.74) is 3.44. The van der Waals surface area contributed by atoms with Crippen LogP contribution >= 0.6 is 23.4 Å². The number of halogens is 1. The minimum absolute atomic E-state index is 0.123. The lowest BCUT2D eigenvalue weighted by atomic mass is 9.72. The van der Waals surface area contributed by atoms with Crippen LogP contribution in [0.25, 0.3) is 0 Å². The number of para-hydroxylation sites is 1. The fraction of sp³-hybridized carbons (Fsp3) is 0.409. The van der Waals surface area contributed by atoms with Gasteiger partial charge >= 0.3 is 0 Å². The van der Waals surface area contributed by atoms with Gasteiger partial charge in [-0.3, -0.25) is 4.99 Å². The number of amidine groups is 1. The highest BCUT2D eigenvalue weighted by Gasteiger charge is 2.42. The molecule has 1 saturated heterocycles. The Hall–Kier alpha value is -1.45. The predicted molar refractivity (Wildman–Crippen MR) is 115 cm³/mol. The molecule has 0 unspecified atom stereocenters. The Morgan fingerprint density at radius 3 is 2.50 bits per heavy atom. The lowest BCUT2D eigenvalue weighted by Gasteiger charge is -2.43. The molecule has 0 aromatic heterocycles. The second-order valence-electron chi connectivity index (χ2n) is 7.85. The Balaban J connectivity index is 1.79. The van der Waals surface area contributed by atoms with Gasteiger partial charge in [-0.15, -0.1) is 0 Å². The van der Waals surface area contributed by atoms with Crippen molar-refractivity contribution in [2.75, 3.05) is 16.8 Å². The smallest absolute Gasteiger partial charge is 0.108 e. The van der Waals surface area contributed by atoms with Gasteiger partial charge in [0.1, 0.15) is 5.84 Å². The molecule has 2 aliphatic rings. The van der Waals surface area contributed by atoms with Crippen molar-refractivity contribution in [3.63, 3.8) is 0 Å². The molecule has 0 saturated carbocycles. The van der Waals surface area contributed by atoms with E-state index >= 15 is 0 Å². The van der Waals surface area contributed by atoms with Crippen LogP contribution in [-0.4, -0.2) is 17.3 Å². The molecule has 0 bridgehead atoms. The standard InChI is InChI=1S/C22H25ClN2S/c1-21(2,17-8-4-5-9-18(17)23)25-20-22(11-13-26-14-12-22)15-16-7-3-6-10-19(16)24-20/h3-10H,11-15H2,1-2H3,(H,24,25). The number of thioether (sulfide) groups is 1. The molecule has 0 atom stereocenters. The molecule has 0 amide bonds. The normalized spacial score (nSPS) is 20.7. The van der Waals surface area contributed by atoms with E-state index < -0.39 is 0 Å². The molecule has 1 fully saturated rings. The summed E-state index contributed by atoms with van der Waals surface area (Å²) in [7, 11) is 0. The van der Waals surface area contributed by atoms with E-state index in [2.05, 4.69) is 61.3 Å². The first kappa shape index (κ1) is 17.9. The zero-order valence-corrected chi connectivity index (χ0v) is 17.0. The van der Waals surface area contributed by atoms with Crippen LogP contribution in [0.4, 0.5) is 5.69 Å². The summed E-state index contributed by atoms with van der Waals surface area (Å²) in [4.78, 5) is 5.29. The van der Waals surface area contributed by atoms with Crippen LogP contribution in [0.15, 0.2) is 53.5 Å². The van der Waals surface area contributed by atoms with Crippen molar-refractivity contribution in [2.45, 2.75) is 38.6 Å². The summed E-state index contributed by atoms with van der Waals surface area (Å²) < 4.78 is 0. The summed E-state index contributed by atoms with van der Waals surface area (Å²) in [6, 6.07) is 16.7. The molecule has 136 valence electrons. The molecule has 4 heteroatoms. The Morgan fingerprint density at radius 1 is 1.04 bits per heavy atom. The van der Waals surface area contributed by atoms with E-state index in [9.17, 15) is 0 Å². The molecule has 0 radical (unpaired) electrons. The summed E-state index contributed by atoms with van der Waals surface area (Å²) in [5, 5.41) is 4.48. The van der Waals surface area contributed by atoms with Crippen molar-refractivity contribution in [3.05, 3.63) is 64.7 Å². The second-order valence-corrected chi connectivity index (χ2v) is 9.48. The van der Waals surface area contributed by atoms with Crippen LogP contribution < -0.4 is 5.32 Å². The highest BCUT2D eigenvalue weighted by molar-refractivity contribution is 7.99. The molecule has 2 heterocycles. The Labute approximate surface area is 165 Å². The fourth-order valence-electron chi connectivity index (χ4n) is 4.12. The molecule has 0 aliphatic carbocycles. The highest BCUT2D eigenvalue weighted by atomic mass is 35.5. The van der Waals surface area contributed by atoms with Crippen molar-refractivity contribution in [1.29, 1.82) is 0 Å². The van der Waals surface area contributed by atoms with Crippen LogP contribution in [-0.2, 0) is 12.0 Å². The highest BCUT2D eigenvalue weighted by Crippen LogP contribution is 2.45. The number of rotatable bonds is 2. The van der Waals surface area contributed by atoms with Gasteiger partial charge in [0.05, 0.1) is 5.54 Å². The maximum atomic E-state index is 6.49. The van der Waals surface area contributed by atoms with Crippen LogP contribution in [0.1, 0.15) is 37.8 Å². The van der Waals surface area contributed by atoms with Gasteiger partial charge in [-0.25, -0.2) is 0 Å². The third-order valence-electron chi connectivity index (χ3n) is 5.68. The summed E-state index contributed by atoms with van der Waals surface area (Å²) in [5.74, 6) is 3.55. The minimum atomic E-state index is -0.370. The van der Waals surface area contributed by atoms with Crippen LogP contribution in [0.2, 0.25) is 5.02 Å². The fourth-order valence-corrected chi connectivity index (χ4v) is 5.77. The third-order valence-corrected chi connectivity index (χ3v) is 6.99. The predicted octanol–water partition coefficient (Wildman–Crippen LogP) is 6.16. The summed E-state index contributed by atoms with van der Waals surface area (Å²) in [6.07, 6.45) is 3.43. The maximum absolute atomic E-state index is 6.49. The van der Waals surface area contributed by atoms with Crippen molar-refractivity contribution in [1.82, 2.24) is 0 Å². The van der Waals surface area contributed by atoms with E-state index in [1.807, 2.05) is 18.2 Å². The Kier molecular flexibility index (Phi) is 4.79. The second kappa shape index (κ2) is 6.94. The molecule has 2 aliphatic heterocycles. The van der Waals surface area contributed by atoms with Crippen LogP contribution in [0, 0.1) is 5.41 Å². The monoisotopic (exact) mass is 384 g/mol. The van der Waals surface area contributed by atoms with E-state index in [0.717, 1.165) is 22.8 Å². The lowest BCUT2D eigenvalue weighted by molar-refractivity contribution is 0.371. The first-order valence-corrected chi connectivity index (χ1v) is 10.8. The van der Waals surface area contributed by atoms with Gasteiger partial charge in [-0.1, -0.05) is 48.0 Å². The number of hydrogen-bond acceptors (Lipinski definition) is 2. The van der Waals surface area contributed by atoms with E-state index in [0.29, 0.717) is 0 Å². The number of benzene rings is 2. The number of aliphatic imine (C=N–C) groups is 1. The number of hydrogen-bond donors (Lipinski definition) is 1. The number of nitrogens with zero attached hydrogens (tertiary/aromatic N) is 1. The van der Waals surface area contributed by atoms with Gasteiger partial charge in [-0.2, -0.15) is 11.8 Å². The van der Waals surface area contributed by atoms with Gasteiger partial charge in [-0.05, 0) is 67.9 Å². The quantitative estimate of drug-likeness (QED) is 0.670. The topological polar surface area (TPSA) is 24.4 Å². The lowest BCUT2D eigenvalue weighted by Crippen LogP contribution is -2.45. The number of nitrogens with one attached hydrogen (secondary N) is 1. The molecule has 2 nitrogen and oxygen atoms in total. The van der Waals surface area contributed by atoms with E-state index in [-0.39, 0.29) is 11.0 Å². The Bertz CT molecular complexity index is 838. The van der Waals surface area contributed by atoms with E-state index in [4.69, 9.17) is 16.6 Å². The zero-order chi connectivity index (χ0) is 18.2. The maximum Gasteiger partial charge on any atom is 0.108 e. The molecular formula is C22H25ClN2S. The van der Waals surface area contributed by atoms with Crippen LogP contribution in [0.5, 0.6) is 0 Å². The largest absolute Gasteiger partial charge is 0.343 e. The summed E-state index contributed by atoms with van der Waals surface area (Å²) in [6.45, 7) is 4.32. The Morgan fingerprint density at radius 2 is 1.73 bits per heavy atom. The van der Waals surface area contributed by atoms with Gasteiger partial charge in [0.15, 0.2) is 0 Å². The van der Waals surface area contributed by atoms with Crippen molar-refractivity contribution < 1.29 is 0 Å². The van der Waals surface area contributed by atoms with Crippen molar-refractivity contribution in [2.24, 2.45) is 10.4 Å². The minimum Gasteiger partial charge on any atom is -0.343 e. The van der Waals surface area contributed by atoms with Crippen molar-refractivity contribution >= 4 is 34.9 Å². The molecule has 26 heavy (non-hydrogen) atoms. The molecule has 2 aromatic rings. The van der Waals surface area contributed by atoms with Gasteiger partial charge in [0.2, 0.25) is 0 Å². The van der Waals surface area contributed by atoms with Gasteiger partial charge < -0.3 is 5.32 Å². The average molecular weight is 385 g/mol. The zero-order valence-electron chi connectivity index (χ0n) is 15.4. The van der Waals surface area contributed by atoms with Crippen molar-refractivity contribution in [3.8, 4) is 0 Å². The third kappa shape index (κ3) is 3.27. The van der Waals surface area contributed by atoms with Gasteiger partial charge in [0, 0.05) is 16.1 Å². The molecular weight excluding hydrogens is 360 g/mol. The average Bonchev–Trinajstić information content (AvgIpc) is 2.63. The number of anilines is 1. The molecule has 1 spiro atoms. The molecule has 1 N–H and O–H groups in total. The van der Waals surface area contributed by atoms with E-state index in [1.54, 1.807) is 0 Å². The first-order chi connectivity index (χ1) is 12.5. The van der Waals surface area contributed by atoms with Gasteiger partial charge in [0.25, 0.3) is 0 Å². The van der Waals surface area contributed by atoms with Crippen LogP contribution in [0.3, 0.4) is 0 Å². The number of fused-ring (bicyclic) bond motifs is 1. The SMILES string of the molecule is CC(C)(N=C1Nc2ccccc2CC12CCSCC2)c1ccccc1Cl. The molecule has 2 aromatic carbocycles. The van der Waals surface area contributed by atoms with E-state index in [1.165, 1.54) is 35.6 Å². The molecule has 4 rings (SSSR count). The summed E-state index contributed by atoms with van der Waals surface area (Å²) >= 11 is 8.55.